The van der Waals surface area contributed by atoms with Crippen molar-refractivity contribution in [3.05, 3.63) is 80.7 Å². The predicted molar refractivity (Wildman–Crippen MR) is 115 cm³/mol. The highest BCUT2D eigenvalue weighted by Crippen LogP contribution is 2.31. The Hall–Kier alpha value is -2.82. The number of nitrogens with zero attached hydrogens (tertiary/aromatic N) is 1. The summed E-state index contributed by atoms with van der Waals surface area (Å²) in [7, 11) is 1.60. The van der Waals surface area contributed by atoms with Gasteiger partial charge in [0.1, 0.15) is 5.75 Å². The number of aromatic amines is 1. The second kappa shape index (κ2) is 7.30. The molecule has 4 rings (SSSR count). The van der Waals surface area contributed by atoms with Crippen LogP contribution in [-0.4, -0.2) is 17.1 Å². The summed E-state index contributed by atoms with van der Waals surface area (Å²) in [6.45, 7) is 1.81. The number of nitrogens with one attached hydrogen (secondary N) is 1. The van der Waals surface area contributed by atoms with Gasteiger partial charge in [0, 0.05) is 40.5 Å². The molecule has 1 N–H and O–H groups in total. The molecule has 0 aliphatic rings. The molecule has 6 heteroatoms. The van der Waals surface area contributed by atoms with Crippen molar-refractivity contribution >= 4 is 34.1 Å². The molecule has 28 heavy (non-hydrogen) atoms. The third-order valence-corrected chi connectivity index (χ3v) is 5.47. The molecule has 0 saturated carbocycles. The first kappa shape index (κ1) is 18.5. The van der Waals surface area contributed by atoms with Crippen molar-refractivity contribution in [2.24, 2.45) is 0 Å². The van der Waals surface area contributed by atoms with E-state index in [0.29, 0.717) is 32.3 Å². The second-order valence-electron chi connectivity index (χ2n) is 6.46. The molecule has 0 fully saturated rings. The zero-order valence-electron chi connectivity index (χ0n) is 15.2. The molecular formula is C22H16Cl2N2O2. The van der Waals surface area contributed by atoms with Crippen molar-refractivity contribution < 1.29 is 4.74 Å². The van der Waals surface area contributed by atoms with E-state index in [1.807, 2.05) is 25.1 Å². The molecule has 0 amide bonds. The van der Waals surface area contributed by atoms with Crippen molar-refractivity contribution in [1.82, 2.24) is 9.97 Å². The molecule has 4 aromatic rings. The number of H-pyrrole nitrogens is 1. The zero-order chi connectivity index (χ0) is 19.8. The maximum atomic E-state index is 12.8. The number of halogens is 2. The fourth-order valence-corrected chi connectivity index (χ4v) is 3.49. The molecule has 0 aliphatic carbocycles. The summed E-state index contributed by atoms with van der Waals surface area (Å²) in [5.74, 6) is 0.681. The lowest BCUT2D eigenvalue weighted by Crippen LogP contribution is -2.09. The Morgan fingerprint density at radius 2 is 1.71 bits per heavy atom. The standard InChI is InChI=1S/C22H16Cl2N2O2/c1-12-21(26-20-9-16(28-2)4-5-17(20)22(12)27)15-7-14(10-25-11-15)13-3-6-18(23)19(24)8-13/h3-11H,1-2H3,(H,26,27). The van der Waals surface area contributed by atoms with Crippen LogP contribution in [0.5, 0.6) is 5.75 Å². The van der Waals surface area contributed by atoms with Gasteiger partial charge in [-0.25, -0.2) is 0 Å². The minimum atomic E-state index is -0.0219. The quantitative estimate of drug-likeness (QED) is 0.458. The van der Waals surface area contributed by atoms with Gasteiger partial charge >= 0.3 is 0 Å². The lowest BCUT2D eigenvalue weighted by molar-refractivity contribution is 0.415. The van der Waals surface area contributed by atoms with E-state index in [-0.39, 0.29) is 5.43 Å². The van der Waals surface area contributed by atoms with Crippen molar-refractivity contribution in [2.45, 2.75) is 6.92 Å². The molecule has 2 heterocycles. The van der Waals surface area contributed by atoms with Gasteiger partial charge in [0.2, 0.25) is 0 Å². The summed E-state index contributed by atoms with van der Waals surface area (Å²) < 4.78 is 5.28. The van der Waals surface area contributed by atoms with E-state index in [1.54, 1.807) is 43.8 Å². The van der Waals surface area contributed by atoms with Gasteiger partial charge in [0.05, 0.1) is 28.4 Å². The number of fused-ring (bicyclic) bond motifs is 1. The van der Waals surface area contributed by atoms with E-state index >= 15 is 0 Å². The SMILES string of the molecule is COc1ccc2c(=O)c(C)c(-c3cncc(-c4ccc(Cl)c(Cl)c4)c3)[nH]c2c1. The first-order valence-corrected chi connectivity index (χ1v) is 9.35. The maximum Gasteiger partial charge on any atom is 0.192 e. The summed E-state index contributed by atoms with van der Waals surface area (Å²) in [5.41, 5.74) is 4.62. The molecule has 140 valence electrons. The van der Waals surface area contributed by atoms with Crippen LogP contribution in [0.1, 0.15) is 5.56 Å². The lowest BCUT2D eigenvalue weighted by atomic mass is 10.0. The molecular weight excluding hydrogens is 395 g/mol. The Morgan fingerprint density at radius 3 is 2.46 bits per heavy atom. The number of hydrogen-bond donors (Lipinski definition) is 1. The van der Waals surface area contributed by atoms with Crippen molar-refractivity contribution in [3.63, 3.8) is 0 Å². The van der Waals surface area contributed by atoms with Crippen LogP contribution < -0.4 is 10.2 Å². The summed E-state index contributed by atoms with van der Waals surface area (Å²) in [5, 5.41) is 1.60. The van der Waals surface area contributed by atoms with E-state index in [2.05, 4.69) is 9.97 Å². The molecule has 0 bridgehead atoms. The van der Waals surface area contributed by atoms with Gasteiger partial charge in [-0.05, 0) is 42.8 Å². The molecule has 0 unspecified atom stereocenters. The summed E-state index contributed by atoms with van der Waals surface area (Å²) >= 11 is 12.2. The molecule has 0 spiro atoms. The molecule has 0 radical (unpaired) electrons. The number of methoxy groups -OCH3 is 1. The van der Waals surface area contributed by atoms with E-state index in [9.17, 15) is 4.79 Å². The molecule has 2 aromatic heterocycles. The van der Waals surface area contributed by atoms with Crippen molar-refractivity contribution in [1.29, 1.82) is 0 Å². The maximum absolute atomic E-state index is 12.8. The average Bonchev–Trinajstić information content (AvgIpc) is 2.72. The Morgan fingerprint density at radius 1 is 0.929 bits per heavy atom. The van der Waals surface area contributed by atoms with Crippen molar-refractivity contribution in [3.8, 4) is 28.1 Å². The first-order valence-electron chi connectivity index (χ1n) is 8.59. The smallest absolute Gasteiger partial charge is 0.192 e. The highest BCUT2D eigenvalue weighted by Gasteiger charge is 2.12. The van der Waals surface area contributed by atoms with Gasteiger partial charge in [-0.15, -0.1) is 0 Å². The highest BCUT2D eigenvalue weighted by molar-refractivity contribution is 6.42. The Bertz CT molecular complexity index is 1270. The largest absolute Gasteiger partial charge is 0.497 e. The molecule has 0 aliphatic heterocycles. The fourth-order valence-electron chi connectivity index (χ4n) is 3.19. The first-order chi connectivity index (χ1) is 13.5. The van der Waals surface area contributed by atoms with Crippen LogP contribution in [-0.2, 0) is 0 Å². The zero-order valence-corrected chi connectivity index (χ0v) is 16.7. The molecule has 4 nitrogen and oxygen atoms in total. The van der Waals surface area contributed by atoms with Crippen LogP contribution in [0.15, 0.2) is 59.7 Å². The van der Waals surface area contributed by atoms with E-state index < -0.39 is 0 Å². The van der Waals surface area contributed by atoms with Gasteiger partial charge < -0.3 is 9.72 Å². The summed E-state index contributed by atoms with van der Waals surface area (Å²) in [6.07, 6.45) is 3.48. The summed E-state index contributed by atoms with van der Waals surface area (Å²) in [6, 6.07) is 12.8. The van der Waals surface area contributed by atoms with Crippen molar-refractivity contribution in [2.75, 3.05) is 7.11 Å². The highest BCUT2D eigenvalue weighted by atomic mass is 35.5. The Balaban J connectivity index is 1.89. The van der Waals surface area contributed by atoms with Crippen LogP contribution in [0.4, 0.5) is 0 Å². The van der Waals surface area contributed by atoms with Gasteiger partial charge in [-0.1, -0.05) is 29.3 Å². The van der Waals surface area contributed by atoms with Crippen LogP contribution in [0, 0.1) is 6.92 Å². The molecule has 2 aromatic carbocycles. The van der Waals surface area contributed by atoms with Gasteiger partial charge in [0.15, 0.2) is 5.43 Å². The number of hydrogen-bond acceptors (Lipinski definition) is 3. The Kier molecular flexibility index (Phi) is 4.84. The average molecular weight is 411 g/mol. The number of ether oxygens (including phenoxy) is 1. The minimum absolute atomic E-state index is 0.0219. The van der Waals surface area contributed by atoms with Crippen LogP contribution in [0.25, 0.3) is 33.3 Å². The topological polar surface area (TPSA) is 55.0 Å². The molecule has 0 atom stereocenters. The number of pyridine rings is 2. The third-order valence-electron chi connectivity index (χ3n) is 4.73. The number of benzene rings is 2. The fraction of sp³-hybridized carbons (Fsp3) is 0.0909. The monoisotopic (exact) mass is 410 g/mol. The van der Waals surface area contributed by atoms with Gasteiger partial charge in [0.25, 0.3) is 0 Å². The lowest BCUT2D eigenvalue weighted by Gasteiger charge is -2.11. The normalized spacial score (nSPS) is 11.0. The van der Waals surface area contributed by atoms with E-state index in [4.69, 9.17) is 27.9 Å². The summed E-state index contributed by atoms with van der Waals surface area (Å²) in [4.78, 5) is 20.6. The van der Waals surface area contributed by atoms with E-state index in [0.717, 1.165) is 22.4 Å². The van der Waals surface area contributed by atoms with Crippen LogP contribution in [0.3, 0.4) is 0 Å². The number of aromatic nitrogens is 2. The minimum Gasteiger partial charge on any atom is -0.497 e. The number of rotatable bonds is 3. The van der Waals surface area contributed by atoms with E-state index in [1.165, 1.54) is 0 Å². The van der Waals surface area contributed by atoms with Crippen LogP contribution >= 0.6 is 23.2 Å². The van der Waals surface area contributed by atoms with Gasteiger partial charge in [-0.3, -0.25) is 9.78 Å². The van der Waals surface area contributed by atoms with Crippen LogP contribution in [0.2, 0.25) is 10.0 Å². The second-order valence-corrected chi connectivity index (χ2v) is 7.27. The molecule has 0 saturated heterocycles. The third kappa shape index (κ3) is 3.26. The Labute approximate surface area is 171 Å². The van der Waals surface area contributed by atoms with Gasteiger partial charge in [-0.2, -0.15) is 0 Å². The predicted octanol–water partition coefficient (Wildman–Crippen LogP) is 5.88.